The van der Waals surface area contributed by atoms with Gasteiger partial charge in [-0.05, 0) is 47.5 Å². The first-order valence-electron chi connectivity index (χ1n) is 9.87. The van der Waals surface area contributed by atoms with Crippen LogP contribution in [0.3, 0.4) is 0 Å². The van der Waals surface area contributed by atoms with E-state index in [4.69, 9.17) is 30.5 Å². The van der Waals surface area contributed by atoms with Crippen LogP contribution in [0, 0.1) is 0 Å². The molecule has 0 bridgehead atoms. The molecule has 1 heterocycles. The number of ether oxygens (including phenoxy) is 4. The number of esters is 1. The molecule has 0 saturated heterocycles. The molecule has 0 aliphatic carbocycles. The quantitative estimate of drug-likeness (QED) is 0.516. The number of amides is 1. The summed E-state index contributed by atoms with van der Waals surface area (Å²) >= 11 is 5.89. The highest BCUT2D eigenvalue weighted by molar-refractivity contribution is 6.30. The van der Waals surface area contributed by atoms with Gasteiger partial charge in [0.15, 0.2) is 18.1 Å². The van der Waals surface area contributed by atoms with Crippen LogP contribution in [-0.4, -0.2) is 25.3 Å². The van der Waals surface area contributed by atoms with Crippen LogP contribution in [0.5, 0.6) is 17.2 Å². The number of hydrogen-bond donors (Lipinski definition) is 1. The molecule has 0 atom stereocenters. The van der Waals surface area contributed by atoms with Crippen molar-refractivity contribution in [3.8, 4) is 17.2 Å². The van der Waals surface area contributed by atoms with Gasteiger partial charge in [-0.15, -0.1) is 0 Å². The predicted octanol–water partition coefficient (Wildman–Crippen LogP) is 4.12. The summed E-state index contributed by atoms with van der Waals surface area (Å²) in [6.45, 7) is 0.312. The Kier molecular flexibility index (Phi) is 6.77. The molecular weight excluding hydrogens is 434 g/mol. The van der Waals surface area contributed by atoms with E-state index >= 15 is 0 Å². The largest absolute Gasteiger partial charge is 0.488 e. The van der Waals surface area contributed by atoms with Gasteiger partial charge in [0, 0.05) is 11.6 Å². The molecule has 32 heavy (non-hydrogen) atoms. The Morgan fingerprint density at radius 2 is 1.69 bits per heavy atom. The second-order valence-corrected chi connectivity index (χ2v) is 7.39. The van der Waals surface area contributed by atoms with Gasteiger partial charge in [0.25, 0.3) is 5.91 Å². The van der Waals surface area contributed by atoms with Crippen molar-refractivity contribution in [1.82, 2.24) is 5.32 Å². The third kappa shape index (κ3) is 5.50. The van der Waals surface area contributed by atoms with Gasteiger partial charge in [0.1, 0.15) is 17.9 Å². The fourth-order valence-electron chi connectivity index (χ4n) is 3.01. The third-order valence-electron chi connectivity index (χ3n) is 4.68. The number of nitrogens with one attached hydrogen (secondary N) is 1. The summed E-state index contributed by atoms with van der Waals surface area (Å²) in [5.74, 6) is 0.614. The van der Waals surface area contributed by atoms with Crippen LogP contribution in [0.4, 0.5) is 0 Å². The van der Waals surface area contributed by atoms with Crippen molar-refractivity contribution in [2.45, 2.75) is 13.2 Å². The lowest BCUT2D eigenvalue weighted by Crippen LogP contribution is -2.28. The zero-order valence-corrected chi connectivity index (χ0v) is 17.8. The molecule has 1 N–H and O–H groups in total. The molecule has 1 amide bonds. The molecule has 0 unspecified atom stereocenters. The average molecular weight is 454 g/mol. The van der Waals surface area contributed by atoms with Crippen LogP contribution < -0.4 is 19.5 Å². The minimum atomic E-state index is -0.644. The lowest BCUT2D eigenvalue weighted by atomic mass is 10.2. The molecule has 1 aliphatic rings. The van der Waals surface area contributed by atoms with Gasteiger partial charge in [-0.25, -0.2) is 4.79 Å². The zero-order valence-electron chi connectivity index (χ0n) is 17.0. The molecule has 7 nitrogen and oxygen atoms in total. The number of benzene rings is 3. The van der Waals surface area contributed by atoms with Crippen LogP contribution in [0.25, 0.3) is 0 Å². The molecule has 0 radical (unpaired) electrons. The van der Waals surface area contributed by atoms with Gasteiger partial charge in [0.2, 0.25) is 6.79 Å². The molecule has 4 rings (SSSR count). The van der Waals surface area contributed by atoms with Crippen LogP contribution in [0.1, 0.15) is 21.5 Å². The highest BCUT2D eigenvalue weighted by atomic mass is 35.5. The lowest BCUT2D eigenvalue weighted by molar-refractivity contribution is -0.124. The molecule has 164 valence electrons. The van der Waals surface area contributed by atoms with E-state index < -0.39 is 18.5 Å². The van der Waals surface area contributed by atoms with Crippen molar-refractivity contribution in [2.75, 3.05) is 13.4 Å². The van der Waals surface area contributed by atoms with E-state index in [0.717, 1.165) is 11.1 Å². The summed E-state index contributed by atoms with van der Waals surface area (Å²) in [5.41, 5.74) is 1.99. The normalized spacial score (nSPS) is 11.7. The Labute approximate surface area is 189 Å². The maximum atomic E-state index is 12.5. The topological polar surface area (TPSA) is 83.1 Å². The number of carbonyl (C=O) groups is 2. The van der Waals surface area contributed by atoms with E-state index in [9.17, 15) is 9.59 Å². The molecule has 3 aromatic rings. The van der Waals surface area contributed by atoms with Gasteiger partial charge in [-0.1, -0.05) is 41.9 Å². The van der Waals surface area contributed by atoms with Crippen LogP contribution in [0.2, 0.25) is 5.02 Å². The molecule has 0 aromatic heterocycles. The maximum absolute atomic E-state index is 12.5. The van der Waals surface area contributed by atoms with Gasteiger partial charge in [-0.2, -0.15) is 0 Å². The molecular formula is C24H20ClNO6. The van der Waals surface area contributed by atoms with Crippen molar-refractivity contribution < 1.29 is 28.5 Å². The smallest absolute Gasteiger partial charge is 0.342 e. The number of hydrogen-bond acceptors (Lipinski definition) is 6. The van der Waals surface area contributed by atoms with Crippen molar-refractivity contribution in [2.24, 2.45) is 0 Å². The standard InChI is InChI=1S/C24H20ClNO6/c25-18-8-5-16(6-9-18)13-29-20-4-2-1-3-19(20)24(28)30-14-23(27)26-12-17-7-10-21-22(11-17)32-15-31-21/h1-11H,12-15H2,(H,26,27). The van der Waals surface area contributed by atoms with Crippen LogP contribution in [0.15, 0.2) is 66.7 Å². The summed E-state index contributed by atoms with van der Waals surface area (Å²) in [6, 6.07) is 19.3. The highest BCUT2D eigenvalue weighted by Crippen LogP contribution is 2.32. The Balaban J connectivity index is 1.28. The predicted molar refractivity (Wildman–Crippen MR) is 117 cm³/mol. The van der Waals surface area contributed by atoms with Gasteiger partial charge in [0.05, 0.1) is 0 Å². The minimum absolute atomic E-state index is 0.186. The number of para-hydroxylation sites is 1. The monoisotopic (exact) mass is 453 g/mol. The summed E-state index contributed by atoms with van der Waals surface area (Å²) < 4.78 is 21.5. The molecule has 3 aromatic carbocycles. The fraction of sp³-hybridized carbons (Fsp3) is 0.167. The second kappa shape index (κ2) is 10.1. The van der Waals surface area contributed by atoms with Gasteiger partial charge in [-0.3, -0.25) is 4.79 Å². The molecule has 8 heteroatoms. The first-order valence-corrected chi connectivity index (χ1v) is 10.2. The van der Waals surface area contributed by atoms with Crippen molar-refractivity contribution in [1.29, 1.82) is 0 Å². The summed E-state index contributed by atoms with van der Waals surface area (Å²) in [4.78, 5) is 24.6. The van der Waals surface area contributed by atoms with E-state index in [1.54, 1.807) is 48.5 Å². The second-order valence-electron chi connectivity index (χ2n) is 6.95. The van der Waals surface area contributed by atoms with E-state index in [-0.39, 0.29) is 25.5 Å². The molecule has 1 aliphatic heterocycles. The Morgan fingerprint density at radius 1 is 0.938 bits per heavy atom. The first kappa shape index (κ1) is 21.5. The number of rotatable bonds is 8. The summed E-state index contributed by atoms with van der Waals surface area (Å²) in [6.07, 6.45) is 0. The molecule has 0 spiro atoms. The lowest BCUT2D eigenvalue weighted by Gasteiger charge is -2.12. The van der Waals surface area contributed by atoms with Crippen LogP contribution in [-0.2, 0) is 22.7 Å². The molecule has 0 fully saturated rings. The van der Waals surface area contributed by atoms with Crippen molar-refractivity contribution in [3.63, 3.8) is 0 Å². The van der Waals surface area contributed by atoms with E-state index in [2.05, 4.69) is 5.32 Å². The minimum Gasteiger partial charge on any atom is -0.488 e. The van der Waals surface area contributed by atoms with Crippen molar-refractivity contribution >= 4 is 23.5 Å². The fourth-order valence-corrected chi connectivity index (χ4v) is 3.14. The Bertz CT molecular complexity index is 1120. The summed E-state index contributed by atoms with van der Waals surface area (Å²) in [7, 11) is 0. The number of fused-ring (bicyclic) bond motifs is 1. The van der Waals surface area contributed by atoms with Gasteiger partial charge >= 0.3 is 5.97 Å². The van der Waals surface area contributed by atoms with Gasteiger partial charge < -0.3 is 24.3 Å². The van der Waals surface area contributed by atoms with E-state index in [0.29, 0.717) is 22.3 Å². The SMILES string of the molecule is O=C(COC(=O)c1ccccc1OCc1ccc(Cl)cc1)NCc1ccc2c(c1)OCO2. The Hall–Kier alpha value is -3.71. The molecule has 0 saturated carbocycles. The third-order valence-corrected chi connectivity index (χ3v) is 4.93. The number of carbonyl (C=O) groups excluding carboxylic acids is 2. The van der Waals surface area contributed by atoms with E-state index in [1.807, 2.05) is 18.2 Å². The van der Waals surface area contributed by atoms with E-state index in [1.165, 1.54) is 0 Å². The van der Waals surface area contributed by atoms with Crippen LogP contribution >= 0.6 is 11.6 Å². The van der Waals surface area contributed by atoms with Crippen molar-refractivity contribution in [3.05, 3.63) is 88.4 Å². The first-order chi connectivity index (χ1) is 15.6. The zero-order chi connectivity index (χ0) is 22.3. The maximum Gasteiger partial charge on any atom is 0.342 e. The average Bonchev–Trinajstić information content (AvgIpc) is 3.29. The highest BCUT2D eigenvalue weighted by Gasteiger charge is 2.16. The Morgan fingerprint density at radius 3 is 2.53 bits per heavy atom. The number of halogens is 1. The summed E-state index contributed by atoms with van der Waals surface area (Å²) in [5, 5.41) is 3.34.